The highest BCUT2D eigenvalue weighted by atomic mass is 16.3. The molecule has 26 heavy (non-hydrogen) atoms. The molecule has 2 N–H and O–H groups in total. The summed E-state index contributed by atoms with van der Waals surface area (Å²) >= 11 is 0. The standard InChI is InChI=1S/C22H28N2O2/c1-13(2)14-7-9-15(10-8-14)16-11-19(25)21(20(26)12-16)22-23-17-5-3-4-6-18(17)24-22/h7-10,13,16-18,25H,3-6,11-12H2,1-2H3,(H,23,24)/t16?,17-,18-/m1/s1. The first kappa shape index (κ1) is 17.3. The smallest absolute Gasteiger partial charge is 0.170 e. The topological polar surface area (TPSA) is 61.7 Å². The Labute approximate surface area is 155 Å². The zero-order chi connectivity index (χ0) is 18.3. The van der Waals surface area contributed by atoms with Gasteiger partial charge in [-0.3, -0.25) is 9.79 Å². The van der Waals surface area contributed by atoms with Crippen molar-refractivity contribution in [3.05, 3.63) is 46.7 Å². The molecule has 0 saturated heterocycles. The Hall–Kier alpha value is -2.10. The second kappa shape index (κ2) is 6.90. The van der Waals surface area contributed by atoms with Crippen LogP contribution in [0.4, 0.5) is 0 Å². The number of allylic oxidation sites excluding steroid dienone is 1. The Kier molecular flexibility index (Phi) is 4.60. The van der Waals surface area contributed by atoms with E-state index < -0.39 is 0 Å². The Morgan fingerprint density at radius 1 is 1.12 bits per heavy atom. The zero-order valence-electron chi connectivity index (χ0n) is 15.7. The molecule has 4 nitrogen and oxygen atoms in total. The summed E-state index contributed by atoms with van der Waals surface area (Å²) in [6.45, 7) is 4.35. The minimum atomic E-state index is 0.0107. The van der Waals surface area contributed by atoms with E-state index in [-0.39, 0.29) is 23.5 Å². The second-order valence-corrected chi connectivity index (χ2v) is 8.25. The molecular weight excluding hydrogens is 324 g/mol. The number of ketones is 1. The fraction of sp³-hybridized carbons (Fsp3) is 0.545. The van der Waals surface area contributed by atoms with E-state index in [4.69, 9.17) is 4.99 Å². The van der Waals surface area contributed by atoms with Gasteiger partial charge in [-0.1, -0.05) is 51.0 Å². The number of amidine groups is 1. The lowest BCUT2D eigenvalue weighted by molar-refractivity contribution is -0.116. The van der Waals surface area contributed by atoms with Crippen LogP contribution in [-0.2, 0) is 4.79 Å². The summed E-state index contributed by atoms with van der Waals surface area (Å²) in [7, 11) is 0. The van der Waals surface area contributed by atoms with E-state index in [0.717, 1.165) is 18.4 Å². The largest absolute Gasteiger partial charge is 0.511 e. The SMILES string of the molecule is CC(C)c1ccc(C2CC(=O)C(C3=N[C@@H]4CCCC[C@H]4N3)=C(O)C2)cc1. The summed E-state index contributed by atoms with van der Waals surface area (Å²) in [4.78, 5) is 17.5. The number of fused-ring (bicyclic) bond motifs is 1. The molecule has 4 heteroatoms. The lowest BCUT2D eigenvalue weighted by Crippen LogP contribution is -2.39. The average molecular weight is 352 g/mol. The van der Waals surface area contributed by atoms with Crippen LogP contribution in [0, 0.1) is 0 Å². The van der Waals surface area contributed by atoms with E-state index in [1.54, 1.807) is 0 Å². The van der Waals surface area contributed by atoms with Crippen LogP contribution in [0.1, 0.15) is 75.3 Å². The number of aliphatic hydroxyl groups is 1. The summed E-state index contributed by atoms with van der Waals surface area (Å²) in [5, 5.41) is 14.1. The lowest BCUT2D eigenvalue weighted by Gasteiger charge is -2.25. The number of carbonyl (C=O) groups is 1. The van der Waals surface area contributed by atoms with Gasteiger partial charge in [-0.05, 0) is 35.8 Å². The molecule has 2 aliphatic carbocycles. The van der Waals surface area contributed by atoms with Gasteiger partial charge in [0.25, 0.3) is 0 Å². The van der Waals surface area contributed by atoms with Gasteiger partial charge < -0.3 is 10.4 Å². The van der Waals surface area contributed by atoms with Gasteiger partial charge >= 0.3 is 0 Å². The van der Waals surface area contributed by atoms with E-state index in [1.165, 1.54) is 18.4 Å². The molecule has 1 unspecified atom stereocenters. The highest BCUT2D eigenvalue weighted by Gasteiger charge is 2.37. The quantitative estimate of drug-likeness (QED) is 0.848. The number of nitrogens with zero attached hydrogens (tertiary/aromatic N) is 1. The first-order valence-corrected chi connectivity index (χ1v) is 9.93. The number of aliphatic imine (C=N–C) groups is 1. The molecule has 1 aromatic rings. The molecule has 0 amide bonds. The van der Waals surface area contributed by atoms with Crippen molar-refractivity contribution in [1.82, 2.24) is 5.32 Å². The van der Waals surface area contributed by atoms with Crippen LogP contribution >= 0.6 is 0 Å². The molecular formula is C22H28N2O2. The van der Waals surface area contributed by atoms with Crippen molar-refractivity contribution in [3.63, 3.8) is 0 Å². The number of benzene rings is 1. The maximum atomic E-state index is 12.8. The Morgan fingerprint density at radius 3 is 2.50 bits per heavy atom. The molecule has 1 fully saturated rings. The first-order valence-electron chi connectivity index (χ1n) is 9.93. The molecule has 3 aliphatic rings. The van der Waals surface area contributed by atoms with E-state index in [0.29, 0.717) is 36.2 Å². The van der Waals surface area contributed by atoms with Gasteiger partial charge in [0, 0.05) is 18.9 Å². The van der Waals surface area contributed by atoms with Crippen molar-refractivity contribution in [3.8, 4) is 0 Å². The highest BCUT2D eigenvalue weighted by Crippen LogP contribution is 2.36. The first-order chi connectivity index (χ1) is 12.5. The fourth-order valence-corrected chi connectivity index (χ4v) is 4.50. The van der Waals surface area contributed by atoms with Crippen LogP contribution in [-0.4, -0.2) is 28.8 Å². The van der Waals surface area contributed by atoms with Gasteiger partial charge in [-0.25, -0.2) is 0 Å². The molecule has 0 radical (unpaired) electrons. The van der Waals surface area contributed by atoms with Crippen molar-refractivity contribution < 1.29 is 9.90 Å². The van der Waals surface area contributed by atoms with Crippen molar-refractivity contribution in [2.45, 2.75) is 76.3 Å². The van der Waals surface area contributed by atoms with Crippen LogP contribution in [0.5, 0.6) is 0 Å². The number of Topliss-reactive ketones (excluding diaryl/α,β-unsaturated/α-hetero) is 1. The molecule has 4 rings (SSSR count). The Bertz CT molecular complexity index is 761. The van der Waals surface area contributed by atoms with Gasteiger partial charge in [0.05, 0.1) is 11.6 Å². The van der Waals surface area contributed by atoms with Crippen LogP contribution in [0.25, 0.3) is 0 Å². The third-order valence-electron chi connectivity index (χ3n) is 6.10. The monoisotopic (exact) mass is 352 g/mol. The molecule has 0 aromatic heterocycles. The third-order valence-corrected chi connectivity index (χ3v) is 6.10. The average Bonchev–Trinajstić information content (AvgIpc) is 3.04. The molecule has 1 saturated carbocycles. The van der Waals surface area contributed by atoms with Gasteiger partial charge in [-0.2, -0.15) is 0 Å². The van der Waals surface area contributed by atoms with E-state index in [2.05, 4.69) is 43.4 Å². The Morgan fingerprint density at radius 2 is 1.85 bits per heavy atom. The van der Waals surface area contributed by atoms with Gasteiger partial charge in [0.15, 0.2) is 5.78 Å². The number of nitrogens with one attached hydrogen (secondary N) is 1. The van der Waals surface area contributed by atoms with E-state index in [1.807, 2.05) is 0 Å². The number of carbonyl (C=O) groups excluding carboxylic acids is 1. The van der Waals surface area contributed by atoms with Crippen molar-refractivity contribution in [1.29, 1.82) is 0 Å². The predicted octanol–water partition coefficient (Wildman–Crippen LogP) is 4.38. The molecule has 1 aliphatic heterocycles. The van der Waals surface area contributed by atoms with Crippen LogP contribution in [0.15, 0.2) is 40.6 Å². The second-order valence-electron chi connectivity index (χ2n) is 8.25. The Balaban J connectivity index is 1.54. The fourth-order valence-electron chi connectivity index (χ4n) is 4.50. The maximum absolute atomic E-state index is 12.8. The predicted molar refractivity (Wildman–Crippen MR) is 104 cm³/mol. The van der Waals surface area contributed by atoms with Crippen molar-refractivity contribution in [2.24, 2.45) is 4.99 Å². The zero-order valence-corrected chi connectivity index (χ0v) is 15.7. The van der Waals surface area contributed by atoms with Crippen molar-refractivity contribution >= 4 is 11.6 Å². The van der Waals surface area contributed by atoms with E-state index in [9.17, 15) is 9.90 Å². The number of aliphatic hydroxyl groups excluding tert-OH is 1. The van der Waals surface area contributed by atoms with Gasteiger partial charge in [0.1, 0.15) is 11.6 Å². The maximum Gasteiger partial charge on any atom is 0.170 e. The van der Waals surface area contributed by atoms with Crippen LogP contribution in [0.2, 0.25) is 0 Å². The number of rotatable bonds is 3. The minimum Gasteiger partial charge on any atom is -0.511 e. The molecule has 3 atom stereocenters. The minimum absolute atomic E-state index is 0.0107. The third kappa shape index (κ3) is 3.17. The molecule has 0 spiro atoms. The van der Waals surface area contributed by atoms with Crippen LogP contribution in [0.3, 0.4) is 0 Å². The van der Waals surface area contributed by atoms with E-state index >= 15 is 0 Å². The highest BCUT2D eigenvalue weighted by molar-refractivity contribution is 6.23. The van der Waals surface area contributed by atoms with Gasteiger partial charge in [-0.15, -0.1) is 0 Å². The summed E-state index contributed by atoms with van der Waals surface area (Å²) in [5.74, 6) is 1.39. The summed E-state index contributed by atoms with van der Waals surface area (Å²) in [5.41, 5.74) is 2.86. The van der Waals surface area contributed by atoms with Crippen LogP contribution < -0.4 is 5.32 Å². The lowest BCUT2D eigenvalue weighted by atomic mass is 9.82. The number of hydrogen-bond donors (Lipinski definition) is 2. The van der Waals surface area contributed by atoms with Crippen molar-refractivity contribution in [2.75, 3.05) is 0 Å². The molecule has 1 aromatic carbocycles. The normalized spacial score (nSPS) is 28.8. The number of hydrogen-bond acceptors (Lipinski definition) is 4. The summed E-state index contributed by atoms with van der Waals surface area (Å²) < 4.78 is 0. The van der Waals surface area contributed by atoms with Gasteiger partial charge in [0.2, 0.25) is 0 Å². The molecule has 1 heterocycles. The summed E-state index contributed by atoms with van der Waals surface area (Å²) in [6.07, 6.45) is 5.55. The molecule has 0 bridgehead atoms. The summed E-state index contributed by atoms with van der Waals surface area (Å²) in [6, 6.07) is 9.08. The molecule has 138 valence electrons.